The summed E-state index contributed by atoms with van der Waals surface area (Å²) < 4.78 is 5.16. The number of carbonyl (C=O) groups excluding carboxylic acids is 2. The zero-order chi connectivity index (χ0) is 19.9. The summed E-state index contributed by atoms with van der Waals surface area (Å²) >= 11 is 6.16. The average Bonchev–Trinajstić information content (AvgIpc) is 3.01. The number of hydrogen-bond acceptors (Lipinski definition) is 3. The quantitative estimate of drug-likeness (QED) is 0.744. The SMILES string of the molecule is COc1ccc(CCC(=O)N2CCC(C(=O)N3CCCCCC3)CC2)cc1Cl. The van der Waals surface area contributed by atoms with E-state index in [9.17, 15) is 9.59 Å². The third-order valence-corrected chi connectivity index (χ3v) is 6.25. The second-order valence-electron chi connectivity index (χ2n) is 7.86. The van der Waals surface area contributed by atoms with Crippen LogP contribution in [0.2, 0.25) is 5.02 Å². The number of nitrogens with zero attached hydrogens (tertiary/aromatic N) is 2. The number of halogens is 1. The lowest BCUT2D eigenvalue weighted by atomic mass is 9.94. The molecule has 154 valence electrons. The molecule has 2 amide bonds. The molecule has 1 aromatic rings. The molecule has 0 spiro atoms. The molecule has 2 saturated heterocycles. The van der Waals surface area contributed by atoms with Crippen LogP contribution < -0.4 is 4.74 Å². The van der Waals surface area contributed by atoms with Crippen molar-refractivity contribution < 1.29 is 14.3 Å². The number of carbonyl (C=O) groups is 2. The van der Waals surface area contributed by atoms with E-state index in [-0.39, 0.29) is 11.8 Å². The second kappa shape index (κ2) is 10.1. The van der Waals surface area contributed by atoms with Crippen molar-refractivity contribution in [2.45, 2.75) is 51.4 Å². The van der Waals surface area contributed by atoms with Gasteiger partial charge in [-0.2, -0.15) is 0 Å². The van der Waals surface area contributed by atoms with E-state index in [1.165, 1.54) is 12.8 Å². The van der Waals surface area contributed by atoms with Crippen LogP contribution in [-0.4, -0.2) is 54.9 Å². The van der Waals surface area contributed by atoms with Crippen molar-refractivity contribution in [2.75, 3.05) is 33.3 Å². The van der Waals surface area contributed by atoms with Crippen molar-refractivity contribution >= 4 is 23.4 Å². The van der Waals surface area contributed by atoms with Gasteiger partial charge in [0, 0.05) is 38.5 Å². The third-order valence-electron chi connectivity index (χ3n) is 5.96. The molecule has 3 rings (SSSR count). The van der Waals surface area contributed by atoms with Gasteiger partial charge in [-0.15, -0.1) is 0 Å². The highest BCUT2D eigenvalue weighted by Gasteiger charge is 2.30. The molecular weight excluding hydrogens is 376 g/mol. The Labute approximate surface area is 173 Å². The largest absolute Gasteiger partial charge is 0.495 e. The Hall–Kier alpha value is -1.75. The Morgan fingerprint density at radius 1 is 1.04 bits per heavy atom. The van der Waals surface area contributed by atoms with Crippen molar-refractivity contribution in [1.29, 1.82) is 0 Å². The number of piperidine rings is 1. The minimum atomic E-state index is 0.0857. The topological polar surface area (TPSA) is 49.9 Å². The summed E-state index contributed by atoms with van der Waals surface area (Å²) in [6.45, 7) is 3.18. The number of methoxy groups -OCH3 is 1. The van der Waals surface area contributed by atoms with Crippen LogP contribution in [-0.2, 0) is 16.0 Å². The van der Waals surface area contributed by atoms with Crippen LogP contribution in [0.4, 0.5) is 0 Å². The van der Waals surface area contributed by atoms with Crippen LogP contribution >= 0.6 is 11.6 Å². The fourth-order valence-corrected chi connectivity index (χ4v) is 4.48. The summed E-state index contributed by atoms with van der Waals surface area (Å²) in [6.07, 6.45) is 7.41. The number of benzene rings is 1. The van der Waals surface area contributed by atoms with Crippen LogP contribution in [0.25, 0.3) is 0 Å². The first-order valence-electron chi connectivity index (χ1n) is 10.5. The van der Waals surface area contributed by atoms with E-state index in [1.807, 2.05) is 23.1 Å². The maximum Gasteiger partial charge on any atom is 0.225 e. The molecule has 0 N–H and O–H groups in total. The molecule has 0 bridgehead atoms. The summed E-state index contributed by atoms with van der Waals surface area (Å²) in [5.74, 6) is 1.20. The first-order valence-corrected chi connectivity index (χ1v) is 10.9. The summed E-state index contributed by atoms with van der Waals surface area (Å²) in [5, 5.41) is 0.570. The zero-order valence-electron chi connectivity index (χ0n) is 16.8. The molecule has 0 unspecified atom stereocenters. The van der Waals surface area contributed by atoms with Gasteiger partial charge < -0.3 is 14.5 Å². The molecule has 2 aliphatic rings. The monoisotopic (exact) mass is 406 g/mol. The van der Waals surface area contributed by atoms with Crippen LogP contribution in [0.3, 0.4) is 0 Å². The van der Waals surface area contributed by atoms with Gasteiger partial charge in [0.1, 0.15) is 5.75 Å². The van der Waals surface area contributed by atoms with E-state index in [0.29, 0.717) is 42.6 Å². The fourth-order valence-electron chi connectivity index (χ4n) is 4.20. The second-order valence-corrected chi connectivity index (χ2v) is 8.27. The van der Waals surface area contributed by atoms with Crippen LogP contribution in [0.1, 0.15) is 50.5 Å². The molecule has 28 heavy (non-hydrogen) atoms. The molecule has 0 aromatic heterocycles. The van der Waals surface area contributed by atoms with Gasteiger partial charge in [0.05, 0.1) is 12.1 Å². The van der Waals surface area contributed by atoms with E-state index < -0.39 is 0 Å². The van der Waals surface area contributed by atoms with Crippen molar-refractivity contribution in [3.63, 3.8) is 0 Å². The highest BCUT2D eigenvalue weighted by molar-refractivity contribution is 6.32. The minimum Gasteiger partial charge on any atom is -0.495 e. The zero-order valence-corrected chi connectivity index (χ0v) is 17.5. The Kier molecular flexibility index (Phi) is 7.60. The average molecular weight is 407 g/mol. The lowest BCUT2D eigenvalue weighted by molar-refractivity contribution is -0.140. The number of rotatable bonds is 5. The van der Waals surface area contributed by atoms with E-state index in [4.69, 9.17) is 16.3 Å². The number of likely N-dealkylation sites (tertiary alicyclic amines) is 2. The van der Waals surface area contributed by atoms with Crippen LogP contribution in [0.5, 0.6) is 5.75 Å². The van der Waals surface area contributed by atoms with Crippen LogP contribution in [0.15, 0.2) is 18.2 Å². The Morgan fingerprint density at radius 2 is 1.71 bits per heavy atom. The lowest BCUT2D eigenvalue weighted by Crippen LogP contribution is -2.44. The summed E-state index contributed by atoms with van der Waals surface area (Å²) in [7, 11) is 1.59. The van der Waals surface area contributed by atoms with Crippen molar-refractivity contribution in [3.8, 4) is 5.75 Å². The third kappa shape index (κ3) is 5.40. The van der Waals surface area contributed by atoms with Gasteiger partial charge in [0.15, 0.2) is 0 Å². The molecule has 0 saturated carbocycles. The molecule has 0 aliphatic carbocycles. The standard InChI is InChI=1S/C22H31ClN2O3/c1-28-20-8-6-17(16-19(20)23)7-9-21(26)24-14-10-18(11-15-24)22(27)25-12-4-2-3-5-13-25/h6,8,16,18H,2-5,7,9-15H2,1H3. The Balaban J connectivity index is 1.44. The van der Waals surface area contributed by atoms with E-state index in [1.54, 1.807) is 7.11 Å². The van der Waals surface area contributed by atoms with Gasteiger partial charge in [-0.05, 0) is 49.8 Å². The first kappa shape index (κ1) is 21.0. The maximum absolute atomic E-state index is 12.8. The number of hydrogen-bond donors (Lipinski definition) is 0. The molecule has 2 fully saturated rings. The maximum atomic E-state index is 12.8. The Bertz CT molecular complexity index is 678. The van der Waals surface area contributed by atoms with E-state index in [0.717, 1.165) is 44.3 Å². The van der Waals surface area contributed by atoms with Gasteiger partial charge in [-0.3, -0.25) is 9.59 Å². The van der Waals surface area contributed by atoms with Crippen LogP contribution in [0, 0.1) is 5.92 Å². The molecule has 2 heterocycles. The summed E-state index contributed by atoms with van der Waals surface area (Å²) in [5.41, 5.74) is 1.03. The molecule has 2 aliphatic heterocycles. The van der Waals surface area contributed by atoms with E-state index >= 15 is 0 Å². The molecule has 0 radical (unpaired) electrons. The predicted octanol–water partition coefficient (Wildman–Crippen LogP) is 3.92. The number of ether oxygens (including phenoxy) is 1. The predicted molar refractivity (Wildman–Crippen MR) is 111 cm³/mol. The molecule has 1 aromatic carbocycles. The normalized spacial score (nSPS) is 18.6. The van der Waals surface area contributed by atoms with Crippen molar-refractivity contribution in [1.82, 2.24) is 9.80 Å². The first-order chi connectivity index (χ1) is 13.6. The fraction of sp³-hybridized carbons (Fsp3) is 0.636. The van der Waals surface area contributed by atoms with Crippen molar-refractivity contribution in [3.05, 3.63) is 28.8 Å². The van der Waals surface area contributed by atoms with Gasteiger partial charge in [-0.25, -0.2) is 0 Å². The minimum absolute atomic E-state index is 0.0857. The Morgan fingerprint density at radius 3 is 2.32 bits per heavy atom. The molecule has 5 nitrogen and oxygen atoms in total. The van der Waals surface area contributed by atoms with Gasteiger partial charge in [0.25, 0.3) is 0 Å². The molecule has 6 heteroatoms. The van der Waals surface area contributed by atoms with Crippen molar-refractivity contribution in [2.24, 2.45) is 5.92 Å². The van der Waals surface area contributed by atoms with Gasteiger partial charge >= 0.3 is 0 Å². The molecular formula is C22H31ClN2O3. The highest BCUT2D eigenvalue weighted by Crippen LogP contribution is 2.26. The number of aryl methyl sites for hydroxylation is 1. The smallest absolute Gasteiger partial charge is 0.225 e. The van der Waals surface area contributed by atoms with Gasteiger partial charge in [0.2, 0.25) is 11.8 Å². The van der Waals surface area contributed by atoms with Gasteiger partial charge in [-0.1, -0.05) is 30.5 Å². The summed E-state index contributed by atoms with van der Waals surface area (Å²) in [4.78, 5) is 29.3. The molecule has 0 atom stereocenters. The lowest BCUT2D eigenvalue weighted by Gasteiger charge is -2.34. The van der Waals surface area contributed by atoms with E-state index in [2.05, 4.69) is 4.90 Å². The summed E-state index contributed by atoms with van der Waals surface area (Å²) in [6, 6.07) is 5.64. The number of amides is 2. The highest BCUT2D eigenvalue weighted by atomic mass is 35.5.